The Labute approximate surface area is 157 Å². The molecule has 1 heterocycles. The third kappa shape index (κ3) is 4.87. The van der Waals surface area contributed by atoms with Gasteiger partial charge in [-0.3, -0.25) is 4.90 Å². The highest BCUT2D eigenvalue weighted by molar-refractivity contribution is 6.35. The molecule has 3 rings (SSSR count). The Hall–Kier alpha value is -1.30. The lowest BCUT2D eigenvalue weighted by molar-refractivity contribution is -0.0338. The highest BCUT2D eigenvalue weighted by Crippen LogP contribution is 2.27. The van der Waals surface area contributed by atoms with E-state index in [2.05, 4.69) is 4.90 Å². The standard InChI is InChI=1S/C19H21Cl2NO3/c20-17-2-1-3-18(21)16(17)13-25-15-6-4-14(5-7-15)19-12-22(8-10-23)9-11-24-19/h1-7,19,23H,8-13H2/t19-/m1/s1. The molecule has 0 radical (unpaired) electrons. The zero-order chi connectivity index (χ0) is 17.6. The van der Waals surface area contributed by atoms with Crippen LogP contribution in [0.25, 0.3) is 0 Å². The van der Waals surface area contributed by atoms with Gasteiger partial charge >= 0.3 is 0 Å². The molecule has 1 aliphatic rings. The quantitative estimate of drug-likeness (QED) is 0.822. The Bertz CT molecular complexity index is 671. The van der Waals surface area contributed by atoms with Gasteiger partial charge in [-0.1, -0.05) is 41.4 Å². The minimum absolute atomic E-state index is 0.0207. The first-order chi connectivity index (χ1) is 12.2. The van der Waals surface area contributed by atoms with Crippen LogP contribution in [0.1, 0.15) is 17.2 Å². The van der Waals surface area contributed by atoms with E-state index in [1.165, 1.54) is 0 Å². The second-order valence-corrected chi connectivity index (χ2v) is 6.76. The number of rotatable bonds is 6. The fraction of sp³-hybridized carbons (Fsp3) is 0.368. The lowest BCUT2D eigenvalue weighted by Crippen LogP contribution is -2.39. The van der Waals surface area contributed by atoms with Crippen molar-refractivity contribution in [2.24, 2.45) is 0 Å². The number of morpholine rings is 1. The van der Waals surface area contributed by atoms with Gasteiger partial charge < -0.3 is 14.6 Å². The Balaban J connectivity index is 1.60. The molecule has 0 aliphatic carbocycles. The smallest absolute Gasteiger partial charge is 0.119 e. The van der Waals surface area contributed by atoms with Gasteiger partial charge in [0.15, 0.2) is 0 Å². The van der Waals surface area contributed by atoms with Crippen molar-refractivity contribution in [2.45, 2.75) is 12.7 Å². The summed E-state index contributed by atoms with van der Waals surface area (Å²) in [6, 6.07) is 13.3. The molecule has 1 fully saturated rings. The second-order valence-electron chi connectivity index (χ2n) is 5.94. The fourth-order valence-corrected chi connectivity index (χ4v) is 3.36. The van der Waals surface area contributed by atoms with E-state index in [-0.39, 0.29) is 12.7 Å². The van der Waals surface area contributed by atoms with Crippen molar-refractivity contribution in [3.05, 3.63) is 63.6 Å². The van der Waals surface area contributed by atoms with Crippen molar-refractivity contribution in [1.82, 2.24) is 4.90 Å². The Morgan fingerprint density at radius 3 is 2.52 bits per heavy atom. The van der Waals surface area contributed by atoms with Crippen LogP contribution in [0.3, 0.4) is 0 Å². The predicted molar refractivity (Wildman–Crippen MR) is 99.5 cm³/mol. The molecule has 0 amide bonds. The SMILES string of the molecule is OCCN1CCO[C@@H](c2ccc(OCc3c(Cl)cccc3Cl)cc2)C1. The first-order valence-corrected chi connectivity index (χ1v) is 9.03. The molecule has 4 nitrogen and oxygen atoms in total. The zero-order valence-corrected chi connectivity index (χ0v) is 15.3. The molecule has 25 heavy (non-hydrogen) atoms. The van der Waals surface area contributed by atoms with Crippen LogP contribution in [-0.2, 0) is 11.3 Å². The molecule has 6 heteroatoms. The summed E-state index contributed by atoms with van der Waals surface area (Å²) in [7, 11) is 0. The van der Waals surface area contributed by atoms with Crippen LogP contribution in [0.4, 0.5) is 0 Å². The van der Waals surface area contributed by atoms with Crippen molar-refractivity contribution in [3.8, 4) is 5.75 Å². The van der Waals surface area contributed by atoms with E-state index in [4.69, 9.17) is 37.8 Å². The number of nitrogens with zero attached hydrogens (tertiary/aromatic N) is 1. The summed E-state index contributed by atoms with van der Waals surface area (Å²) in [4.78, 5) is 2.21. The number of halogens is 2. The average Bonchev–Trinajstić information content (AvgIpc) is 2.62. The average molecular weight is 382 g/mol. The van der Waals surface area contributed by atoms with Crippen molar-refractivity contribution < 1.29 is 14.6 Å². The van der Waals surface area contributed by atoms with Crippen molar-refractivity contribution >= 4 is 23.2 Å². The van der Waals surface area contributed by atoms with E-state index >= 15 is 0 Å². The number of aliphatic hydroxyl groups excluding tert-OH is 1. The molecule has 0 unspecified atom stereocenters. The van der Waals surface area contributed by atoms with Crippen LogP contribution in [-0.4, -0.2) is 42.9 Å². The van der Waals surface area contributed by atoms with Gasteiger partial charge in [-0.2, -0.15) is 0 Å². The lowest BCUT2D eigenvalue weighted by atomic mass is 10.1. The van der Waals surface area contributed by atoms with E-state index in [1.807, 2.05) is 30.3 Å². The number of ether oxygens (including phenoxy) is 2. The summed E-state index contributed by atoms with van der Waals surface area (Å²) < 4.78 is 11.6. The van der Waals surface area contributed by atoms with E-state index < -0.39 is 0 Å². The fourth-order valence-electron chi connectivity index (χ4n) is 2.85. The highest BCUT2D eigenvalue weighted by Gasteiger charge is 2.21. The van der Waals surface area contributed by atoms with Crippen LogP contribution >= 0.6 is 23.2 Å². The van der Waals surface area contributed by atoms with Crippen molar-refractivity contribution in [3.63, 3.8) is 0 Å². The summed E-state index contributed by atoms with van der Waals surface area (Å²) in [6.45, 7) is 3.49. The minimum Gasteiger partial charge on any atom is -0.489 e. The highest BCUT2D eigenvalue weighted by atomic mass is 35.5. The summed E-state index contributed by atoms with van der Waals surface area (Å²) in [6.07, 6.45) is 0.0207. The molecule has 2 aromatic rings. The Morgan fingerprint density at radius 1 is 1.12 bits per heavy atom. The predicted octanol–water partition coefficient (Wildman–Crippen LogP) is 3.94. The maximum absolute atomic E-state index is 9.09. The molecule has 1 atom stereocenters. The van der Waals surface area contributed by atoms with Crippen LogP contribution in [0.15, 0.2) is 42.5 Å². The number of hydrogen-bond donors (Lipinski definition) is 1. The van der Waals surface area contributed by atoms with Gasteiger partial charge in [0.25, 0.3) is 0 Å². The van der Waals surface area contributed by atoms with Gasteiger partial charge in [-0.15, -0.1) is 0 Å². The van der Waals surface area contributed by atoms with E-state index in [1.54, 1.807) is 12.1 Å². The largest absolute Gasteiger partial charge is 0.489 e. The van der Waals surface area contributed by atoms with Crippen LogP contribution in [0.2, 0.25) is 10.0 Å². The number of benzene rings is 2. The van der Waals surface area contributed by atoms with E-state index in [0.29, 0.717) is 29.8 Å². The van der Waals surface area contributed by atoms with Gasteiger partial charge in [0.1, 0.15) is 12.4 Å². The molecule has 1 N–H and O–H groups in total. The zero-order valence-electron chi connectivity index (χ0n) is 13.8. The van der Waals surface area contributed by atoms with Gasteiger partial charge in [-0.05, 0) is 29.8 Å². The second kappa shape index (κ2) is 8.88. The minimum atomic E-state index is 0.0207. The number of β-amino-alcohol motifs (C(OH)–C–C–N with tert-alkyl or cyclic N) is 1. The topological polar surface area (TPSA) is 41.9 Å². The first-order valence-electron chi connectivity index (χ1n) is 8.28. The monoisotopic (exact) mass is 381 g/mol. The van der Waals surface area contributed by atoms with Crippen LogP contribution < -0.4 is 4.74 Å². The normalized spacial score (nSPS) is 18.3. The first kappa shape index (κ1) is 18.5. The molecule has 2 aromatic carbocycles. The summed E-state index contributed by atoms with van der Waals surface area (Å²) >= 11 is 12.3. The molecular formula is C19H21Cl2NO3. The van der Waals surface area contributed by atoms with Crippen LogP contribution in [0.5, 0.6) is 5.75 Å². The third-order valence-electron chi connectivity index (χ3n) is 4.26. The van der Waals surface area contributed by atoms with Gasteiger partial charge in [-0.25, -0.2) is 0 Å². The van der Waals surface area contributed by atoms with Crippen molar-refractivity contribution in [1.29, 1.82) is 0 Å². The maximum Gasteiger partial charge on any atom is 0.119 e. The van der Waals surface area contributed by atoms with E-state index in [9.17, 15) is 0 Å². The molecule has 134 valence electrons. The Kier molecular flexibility index (Phi) is 6.57. The van der Waals surface area contributed by atoms with Gasteiger partial charge in [0.2, 0.25) is 0 Å². The third-order valence-corrected chi connectivity index (χ3v) is 4.97. The summed E-state index contributed by atoms with van der Waals surface area (Å²) in [5, 5.41) is 10.3. The molecule has 0 aromatic heterocycles. The molecule has 0 saturated carbocycles. The molecule has 0 bridgehead atoms. The molecule has 0 spiro atoms. The van der Waals surface area contributed by atoms with Crippen LogP contribution in [0, 0.1) is 0 Å². The summed E-state index contributed by atoms with van der Waals surface area (Å²) in [5.41, 5.74) is 1.89. The van der Waals surface area contributed by atoms with Crippen molar-refractivity contribution in [2.75, 3.05) is 32.8 Å². The molecular weight excluding hydrogens is 361 g/mol. The summed E-state index contributed by atoms with van der Waals surface area (Å²) in [5.74, 6) is 0.753. The Morgan fingerprint density at radius 2 is 1.84 bits per heavy atom. The molecule has 1 aliphatic heterocycles. The van der Waals surface area contributed by atoms with E-state index in [0.717, 1.165) is 30.0 Å². The molecule has 1 saturated heterocycles. The number of hydrogen-bond acceptors (Lipinski definition) is 4. The number of aliphatic hydroxyl groups is 1. The van der Waals surface area contributed by atoms with Gasteiger partial charge in [0.05, 0.1) is 19.3 Å². The maximum atomic E-state index is 9.09. The lowest BCUT2D eigenvalue weighted by Gasteiger charge is -2.32. The van der Waals surface area contributed by atoms with Gasteiger partial charge in [0, 0.05) is 35.2 Å².